The number of fused-ring (bicyclic) bond motifs is 1. The van der Waals surface area contributed by atoms with Crippen LogP contribution >= 0.6 is 12.2 Å². The standard InChI is InChI=1S/C16H14FN5S/c17-11-5-7-12(8-6-11)22-10-21(9-18-16(22)23)15-19-13-3-1-2-4-14(13)20-15/h1-8H,9-10H2,(H,18,23)(H,19,20). The van der Waals surface area contributed by atoms with Gasteiger partial charge in [0.15, 0.2) is 5.11 Å². The second kappa shape index (κ2) is 5.51. The van der Waals surface area contributed by atoms with E-state index in [0.29, 0.717) is 18.4 Å². The fourth-order valence-electron chi connectivity index (χ4n) is 2.59. The Morgan fingerprint density at radius 3 is 2.65 bits per heavy atom. The van der Waals surface area contributed by atoms with Gasteiger partial charge in [0, 0.05) is 5.69 Å². The predicted octanol–water partition coefficient (Wildman–Crippen LogP) is 2.82. The largest absolute Gasteiger partial charge is 0.345 e. The summed E-state index contributed by atoms with van der Waals surface area (Å²) in [7, 11) is 0. The average Bonchev–Trinajstić information content (AvgIpc) is 3.00. The Bertz CT molecular complexity index is 827. The first kappa shape index (κ1) is 14.0. The van der Waals surface area contributed by atoms with Gasteiger partial charge in [-0.3, -0.25) is 0 Å². The van der Waals surface area contributed by atoms with Gasteiger partial charge in [-0.15, -0.1) is 0 Å². The number of H-pyrrole nitrogens is 1. The first-order valence-corrected chi connectivity index (χ1v) is 7.62. The minimum Gasteiger partial charge on any atom is -0.345 e. The summed E-state index contributed by atoms with van der Waals surface area (Å²) in [5, 5.41) is 3.78. The van der Waals surface area contributed by atoms with Crippen LogP contribution < -0.4 is 15.1 Å². The Morgan fingerprint density at radius 1 is 1.09 bits per heavy atom. The number of benzene rings is 2. The lowest BCUT2D eigenvalue weighted by Crippen LogP contribution is -2.56. The lowest BCUT2D eigenvalue weighted by molar-refractivity contribution is 0.627. The summed E-state index contributed by atoms with van der Waals surface area (Å²) in [4.78, 5) is 11.9. The van der Waals surface area contributed by atoms with Crippen LogP contribution in [0.1, 0.15) is 0 Å². The molecule has 0 bridgehead atoms. The van der Waals surface area contributed by atoms with Gasteiger partial charge in [0.1, 0.15) is 12.5 Å². The van der Waals surface area contributed by atoms with Crippen LogP contribution in [0.3, 0.4) is 0 Å². The maximum atomic E-state index is 13.1. The molecule has 0 amide bonds. The molecule has 1 fully saturated rings. The van der Waals surface area contributed by atoms with E-state index in [9.17, 15) is 4.39 Å². The van der Waals surface area contributed by atoms with Crippen LogP contribution in [0.2, 0.25) is 0 Å². The van der Waals surface area contributed by atoms with Crippen LogP contribution in [0.5, 0.6) is 0 Å². The van der Waals surface area contributed by atoms with Gasteiger partial charge >= 0.3 is 0 Å². The molecule has 2 heterocycles. The molecule has 0 spiro atoms. The third-order valence-electron chi connectivity index (χ3n) is 3.79. The molecule has 0 aliphatic carbocycles. The zero-order valence-electron chi connectivity index (χ0n) is 12.2. The molecular formula is C16H14FN5S. The van der Waals surface area contributed by atoms with Crippen LogP contribution in [0.4, 0.5) is 16.0 Å². The molecule has 116 valence electrons. The van der Waals surface area contributed by atoms with Crippen molar-refractivity contribution in [2.75, 3.05) is 23.1 Å². The number of nitrogens with one attached hydrogen (secondary N) is 2. The van der Waals surface area contributed by atoms with E-state index in [2.05, 4.69) is 15.3 Å². The van der Waals surface area contributed by atoms with E-state index in [1.54, 1.807) is 12.1 Å². The van der Waals surface area contributed by atoms with E-state index in [-0.39, 0.29) is 5.82 Å². The summed E-state index contributed by atoms with van der Waals surface area (Å²) in [6.07, 6.45) is 0. The van der Waals surface area contributed by atoms with Crippen molar-refractivity contribution in [3.05, 3.63) is 54.3 Å². The van der Waals surface area contributed by atoms with Crippen LogP contribution in [0.25, 0.3) is 11.0 Å². The van der Waals surface area contributed by atoms with Gasteiger partial charge < -0.3 is 20.1 Å². The number of aromatic nitrogens is 2. The molecule has 1 saturated heterocycles. The van der Waals surface area contributed by atoms with E-state index in [1.807, 2.05) is 34.1 Å². The Balaban J connectivity index is 1.63. The number of para-hydroxylation sites is 2. The molecule has 0 radical (unpaired) electrons. The number of hydrogen-bond donors (Lipinski definition) is 2. The highest BCUT2D eigenvalue weighted by Gasteiger charge is 2.23. The average molecular weight is 327 g/mol. The maximum Gasteiger partial charge on any atom is 0.206 e. The highest BCUT2D eigenvalue weighted by Crippen LogP contribution is 2.22. The van der Waals surface area contributed by atoms with E-state index in [0.717, 1.165) is 22.7 Å². The van der Waals surface area contributed by atoms with Crippen molar-refractivity contribution in [1.82, 2.24) is 15.3 Å². The second-order valence-electron chi connectivity index (χ2n) is 5.30. The van der Waals surface area contributed by atoms with Crippen LogP contribution in [0, 0.1) is 5.82 Å². The highest BCUT2D eigenvalue weighted by molar-refractivity contribution is 7.80. The van der Waals surface area contributed by atoms with Crippen molar-refractivity contribution in [3.8, 4) is 0 Å². The number of imidazole rings is 1. The van der Waals surface area contributed by atoms with Gasteiger partial charge in [-0.05, 0) is 48.6 Å². The Labute approximate surface area is 137 Å². The number of rotatable bonds is 2. The normalized spacial score (nSPS) is 15.1. The first-order chi connectivity index (χ1) is 11.2. The van der Waals surface area contributed by atoms with Crippen molar-refractivity contribution >= 4 is 40.0 Å². The van der Waals surface area contributed by atoms with Gasteiger partial charge in [0.25, 0.3) is 0 Å². The lowest BCUT2D eigenvalue weighted by atomic mass is 10.3. The van der Waals surface area contributed by atoms with Gasteiger partial charge in [0.2, 0.25) is 5.95 Å². The summed E-state index contributed by atoms with van der Waals surface area (Å²) in [6.45, 7) is 1.10. The number of aromatic amines is 1. The third kappa shape index (κ3) is 2.59. The summed E-state index contributed by atoms with van der Waals surface area (Å²) in [5.74, 6) is 0.507. The zero-order valence-corrected chi connectivity index (χ0v) is 13.0. The minimum absolute atomic E-state index is 0.265. The molecule has 0 saturated carbocycles. The summed E-state index contributed by atoms with van der Waals surface area (Å²) < 4.78 is 13.1. The van der Waals surface area contributed by atoms with Gasteiger partial charge in [-0.2, -0.15) is 0 Å². The van der Waals surface area contributed by atoms with Crippen LogP contribution in [0.15, 0.2) is 48.5 Å². The van der Waals surface area contributed by atoms with Crippen molar-refractivity contribution < 1.29 is 4.39 Å². The topological polar surface area (TPSA) is 47.2 Å². The Morgan fingerprint density at radius 2 is 1.87 bits per heavy atom. The number of thiocarbonyl (C=S) groups is 1. The van der Waals surface area contributed by atoms with E-state index >= 15 is 0 Å². The Hall–Kier alpha value is -2.67. The maximum absolute atomic E-state index is 13.1. The van der Waals surface area contributed by atoms with Gasteiger partial charge in [-0.25, -0.2) is 9.37 Å². The van der Waals surface area contributed by atoms with Gasteiger partial charge in [0.05, 0.1) is 17.7 Å². The summed E-state index contributed by atoms with van der Waals surface area (Å²) in [5.41, 5.74) is 2.75. The molecule has 3 aromatic rings. The molecule has 7 heteroatoms. The monoisotopic (exact) mass is 327 g/mol. The number of halogens is 1. The molecule has 0 unspecified atom stereocenters. The molecule has 1 aromatic heterocycles. The molecule has 2 aromatic carbocycles. The third-order valence-corrected chi connectivity index (χ3v) is 4.16. The Kier molecular flexibility index (Phi) is 3.34. The fraction of sp³-hybridized carbons (Fsp3) is 0.125. The fourth-order valence-corrected chi connectivity index (χ4v) is 2.82. The van der Waals surface area contributed by atoms with Crippen molar-refractivity contribution in [1.29, 1.82) is 0 Å². The molecular weight excluding hydrogens is 313 g/mol. The molecule has 0 atom stereocenters. The van der Waals surface area contributed by atoms with E-state index < -0.39 is 0 Å². The molecule has 1 aliphatic heterocycles. The second-order valence-corrected chi connectivity index (χ2v) is 5.69. The van der Waals surface area contributed by atoms with E-state index in [1.165, 1.54) is 12.1 Å². The first-order valence-electron chi connectivity index (χ1n) is 7.21. The van der Waals surface area contributed by atoms with Crippen LogP contribution in [-0.2, 0) is 0 Å². The molecule has 5 nitrogen and oxygen atoms in total. The number of nitrogens with zero attached hydrogens (tertiary/aromatic N) is 3. The summed E-state index contributed by atoms with van der Waals surface area (Å²) >= 11 is 5.37. The van der Waals surface area contributed by atoms with Crippen molar-refractivity contribution in [2.45, 2.75) is 0 Å². The number of hydrogen-bond acceptors (Lipinski definition) is 3. The minimum atomic E-state index is -0.265. The molecule has 23 heavy (non-hydrogen) atoms. The van der Waals surface area contributed by atoms with Gasteiger partial charge in [-0.1, -0.05) is 12.1 Å². The van der Waals surface area contributed by atoms with Crippen molar-refractivity contribution in [3.63, 3.8) is 0 Å². The van der Waals surface area contributed by atoms with Crippen LogP contribution in [-0.4, -0.2) is 28.4 Å². The molecule has 1 aliphatic rings. The summed E-state index contributed by atoms with van der Waals surface area (Å²) in [6, 6.07) is 14.2. The highest BCUT2D eigenvalue weighted by atomic mass is 32.1. The van der Waals surface area contributed by atoms with Crippen molar-refractivity contribution in [2.24, 2.45) is 0 Å². The number of anilines is 2. The lowest BCUT2D eigenvalue weighted by Gasteiger charge is -2.37. The smallest absolute Gasteiger partial charge is 0.206 e. The zero-order chi connectivity index (χ0) is 15.8. The quantitative estimate of drug-likeness (QED) is 0.709. The molecule has 4 rings (SSSR count). The predicted molar refractivity (Wildman–Crippen MR) is 92.9 cm³/mol. The SMILES string of the molecule is Fc1ccc(N2CN(c3nc4ccccc4[nH]3)CNC2=S)cc1. The molecule has 2 N–H and O–H groups in total. The van der Waals surface area contributed by atoms with E-state index in [4.69, 9.17) is 12.2 Å².